The van der Waals surface area contributed by atoms with Crippen LogP contribution in [-0.4, -0.2) is 62.9 Å². The Morgan fingerprint density at radius 2 is 1.79 bits per heavy atom. The Kier molecular flexibility index (Phi) is 9.22. The molecule has 0 amide bonds. The highest BCUT2D eigenvalue weighted by Crippen LogP contribution is 2.39. The Morgan fingerprint density at radius 1 is 1.10 bits per heavy atom. The van der Waals surface area contributed by atoms with E-state index in [-0.39, 0.29) is 51.3 Å². The summed E-state index contributed by atoms with van der Waals surface area (Å²) in [6.45, 7) is 1.39. The fourth-order valence-corrected chi connectivity index (χ4v) is 7.11. The first-order valence-electron chi connectivity index (χ1n) is 12.6. The largest absolute Gasteiger partial charge is 0.416 e. The van der Waals surface area contributed by atoms with Crippen molar-refractivity contribution in [3.8, 4) is 0 Å². The van der Waals surface area contributed by atoms with Crippen LogP contribution in [0.15, 0.2) is 38.8 Å². The number of fused-ring (bicyclic) bond motifs is 1. The van der Waals surface area contributed by atoms with Gasteiger partial charge in [0, 0.05) is 24.7 Å². The van der Waals surface area contributed by atoms with Crippen LogP contribution in [-0.2, 0) is 39.1 Å². The Morgan fingerprint density at radius 3 is 2.40 bits per heavy atom. The summed E-state index contributed by atoms with van der Waals surface area (Å²) >= 11 is 12.5. The molecule has 230 valence electrons. The van der Waals surface area contributed by atoms with E-state index >= 15 is 0 Å². The molecule has 0 spiro atoms. The van der Waals surface area contributed by atoms with Crippen LogP contribution in [0.25, 0.3) is 10.9 Å². The van der Waals surface area contributed by atoms with Crippen LogP contribution in [0, 0.1) is 5.92 Å². The van der Waals surface area contributed by atoms with E-state index in [9.17, 15) is 39.6 Å². The van der Waals surface area contributed by atoms with E-state index < -0.39 is 59.8 Å². The van der Waals surface area contributed by atoms with E-state index in [1.54, 1.807) is 4.90 Å². The van der Waals surface area contributed by atoms with Crippen molar-refractivity contribution < 1.29 is 30.0 Å². The van der Waals surface area contributed by atoms with Gasteiger partial charge in [0.25, 0.3) is 5.56 Å². The minimum Gasteiger partial charge on any atom is -0.305 e. The summed E-state index contributed by atoms with van der Waals surface area (Å²) in [6.07, 6.45) is -3.36. The third kappa shape index (κ3) is 7.03. The van der Waals surface area contributed by atoms with Gasteiger partial charge in [-0.25, -0.2) is 26.4 Å². The van der Waals surface area contributed by atoms with Crippen molar-refractivity contribution in [1.82, 2.24) is 19.2 Å². The lowest BCUT2D eigenvalue weighted by Gasteiger charge is -2.22. The number of aromatic nitrogens is 2. The number of aromatic amines is 1. The maximum atomic E-state index is 14.3. The molecule has 0 bridgehead atoms. The number of nitrogens with zero attached hydrogens (tertiary/aromatic N) is 2. The molecule has 1 fully saturated rings. The van der Waals surface area contributed by atoms with Crippen LogP contribution in [0.1, 0.15) is 30.0 Å². The predicted molar refractivity (Wildman–Crippen MR) is 153 cm³/mol. The summed E-state index contributed by atoms with van der Waals surface area (Å²) in [5.41, 5.74) is -3.87. The van der Waals surface area contributed by atoms with Crippen LogP contribution >= 0.6 is 23.2 Å². The Bertz CT molecular complexity index is 1880. The smallest absolute Gasteiger partial charge is 0.305 e. The number of likely N-dealkylation sites (tertiary alicyclic amines) is 1. The first-order valence-corrected chi connectivity index (χ1v) is 16.9. The summed E-state index contributed by atoms with van der Waals surface area (Å²) in [6, 6.07) is 4.47. The number of benzene rings is 2. The summed E-state index contributed by atoms with van der Waals surface area (Å²) in [7, 11) is -7.22. The highest BCUT2D eigenvalue weighted by atomic mass is 35.5. The van der Waals surface area contributed by atoms with Crippen molar-refractivity contribution in [3.05, 3.63) is 71.8 Å². The lowest BCUT2D eigenvalue weighted by Crippen LogP contribution is -2.36. The molecule has 42 heavy (non-hydrogen) atoms. The van der Waals surface area contributed by atoms with Gasteiger partial charge in [-0.1, -0.05) is 30.1 Å². The molecule has 2 heterocycles. The first-order chi connectivity index (χ1) is 19.4. The van der Waals surface area contributed by atoms with Crippen LogP contribution in [0.2, 0.25) is 10.0 Å². The Hall–Kier alpha value is -2.43. The number of halogens is 5. The zero-order valence-corrected chi connectivity index (χ0v) is 25.5. The second-order valence-corrected chi connectivity index (χ2v) is 15.0. The lowest BCUT2D eigenvalue weighted by molar-refractivity contribution is -0.138. The number of H-pyrrole nitrogens is 1. The van der Waals surface area contributed by atoms with Crippen molar-refractivity contribution in [3.63, 3.8) is 0 Å². The number of rotatable bonds is 9. The zero-order valence-electron chi connectivity index (χ0n) is 22.4. The monoisotopic (exact) mass is 670 g/mol. The van der Waals surface area contributed by atoms with Crippen molar-refractivity contribution in [2.75, 3.05) is 31.6 Å². The van der Waals surface area contributed by atoms with Crippen molar-refractivity contribution in [2.24, 2.45) is 5.92 Å². The van der Waals surface area contributed by atoms with Gasteiger partial charge < -0.3 is 4.98 Å². The number of sulfonamides is 1. The molecule has 1 aromatic heterocycles. The summed E-state index contributed by atoms with van der Waals surface area (Å²) < 4.78 is 93.8. The minimum absolute atomic E-state index is 0.0176. The van der Waals surface area contributed by atoms with Gasteiger partial charge in [-0.3, -0.25) is 14.3 Å². The van der Waals surface area contributed by atoms with Gasteiger partial charge in [0.05, 0.1) is 44.9 Å². The van der Waals surface area contributed by atoms with Crippen molar-refractivity contribution in [2.45, 2.75) is 37.5 Å². The van der Waals surface area contributed by atoms with Gasteiger partial charge in [0.2, 0.25) is 10.0 Å². The Balaban J connectivity index is 1.78. The van der Waals surface area contributed by atoms with Gasteiger partial charge in [-0.2, -0.15) is 13.2 Å². The average molecular weight is 672 g/mol. The molecule has 2 aromatic carbocycles. The van der Waals surface area contributed by atoms with E-state index in [1.165, 1.54) is 25.1 Å². The standard InChI is InChI=1S/C25H27Cl2F3N4O6S2/c1-3-42(39,40)20-5-4-16(26)8-15(20)12-34-23(35)17-9-19(25(28,29)30)18(21(27)22(17)32-24(34)36)13-33-7-6-14(11-33)10-31-41(2,37)38/h4-5,8-9,14,31H,3,6-7,10-13H2,1-2H3,(H,32,36)/t14-/m0/s1. The molecule has 0 aliphatic carbocycles. The molecule has 2 N–H and O–H groups in total. The topological polar surface area (TPSA) is 138 Å². The number of sulfone groups is 1. The van der Waals surface area contributed by atoms with Gasteiger partial charge in [-0.05, 0) is 54.3 Å². The first kappa shape index (κ1) is 32.5. The SMILES string of the molecule is CCS(=O)(=O)c1ccc(Cl)cc1Cn1c(=O)[nH]c2c(Cl)c(CN3CC[C@@H](CNS(C)(=O)=O)C3)c(C(F)(F)F)cc2c1=O. The second-order valence-electron chi connectivity index (χ2n) is 10.1. The molecule has 4 rings (SSSR count). The number of alkyl halides is 3. The molecule has 1 saturated heterocycles. The van der Waals surface area contributed by atoms with Crippen LogP contribution < -0.4 is 16.0 Å². The zero-order chi connectivity index (χ0) is 31.2. The van der Waals surface area contributed by atoms with Crippen molar-refractivity contribution >= 4 is 54.0 Å². The highest BCUT2D eigenvalue weighted by Gasteiger charge is 2.37. The highest BCUT2D eigenvalue weighted by molar-refractivity contribution is 7.91. The van der Waals surface area contributed by atoms with Crippen LogP contribution in [0.4, 0.5) is 13.2 Å². The van der Waals surface area contributed by atoms with E-state index in [1.807, 2.05) is 0 Å². The fourth-order valence-electron chi connectivity index (χ4n) is 4.96. The average Bonchev–Trinajstić information content (AvgIpc) is 3.33. The molecule has 17 heteroatoms. The predicted octanol–water partition coefficient (Wildman–Crippen LogP) is 3.23. The normalized spacial score (nSPS) is 16.9. The maximum absolute atomic E-state index is 14.3. The molecule has 0 radical (unpaired) electrons. The van der Waals surface area contributed by atoms with E-state index in [0.29, 0.717) is 30.1 Å². The molecule has 1 aliphatic rings. The fraction of sp³-hybridized carbons (Fsp3) is 0.440. The summed E-state index contributed by atoms with van der Waals surface area (Å²) in [5, 5.41) is -0.821. The van der Waals surface area contributed by atoms with Crippen LogP contribution in [0.5, 0.6) is 0 Å². The third-order valence-corrected chi connectivity index (χ3v) is 10.2. The number of hydrogen-bond donors (Lipinski definition) is 2. The maximum Gasteiger partial charge on any atom is 0.416 e. The molecule has 3 aromatic rings. The summed E-state index contributed by atoms with van der Waals surface area (Å²) in [4.78, 5) is 30.4. The number of nitrogens with one attached hydrogen (secondary N) is 2. The lowest BCUT2D eigenvalue weighted by atomic mass is 10.0. The molecule has 0 unspecified atom stereocenters. The van der Waals surface area contributed by atoms with Gasteiger partial charge in [0.15, 0.2) is 9.84 Å². The van der Waals surface area contributed by atoms with Crippen molar-refractivity contribution in [1.29, 1.82) is 0 Å². The van der Waals surface area contributed by atoms with E-state index in [4.69, 9.17) is 23.2 Å². The quantitative estimate of drug-likeness (QED) is 0.357. The van der Waals surface area contributed by atoms with Crippen LogP contribution in [0.3, 0.4) is 0 Å². The minimum atomic E-state index is -4.91. The molecule has 1 aliphatic heterocycles. The Labute approximate surface area is 249 Å². The molecular formula is C25H27Cl2F3N4O6S2. The molecule has 10 nitrogen and oxygen atoms in total. The van der Waals surface area contributed by atoms with Gasteiger partial charge in [-0.15, -0.1) is 0 Å². The molecule has 0 saturated carbocycles. The van der Waals surface area contributed by atoms with E-state index in [0.717, 1.165) is 6.26 Å². The second kappa shape index (κ2) is 11.9. The molecular weight excluding hydrogens is 644 g/mol. The van der Waals surface area contributed by atoms with E-state index in [2.05, 4.69) is 9.71 Å². The third-order valence-electron chi connectivity index (χ3n) is 7.08. The number of hydrogen-bond acceptors (Lipinski definition) is 7. The molecule has 1 atom stereocenters. The van der Waals surface area contributed by atoms with Gasteiger partial charge in [0.1, 0.15) is 0 Å². The summed E-state index contributed by atoms with van der Waals surface area (Å²) in [5.74, 6) is -0.405. The van der Waals surface area contributed by atoms with Gasteiger partial charge >= 0.3 is 11.9 Å².